The number of aliphatic carboxylic acids is 1. The number of hydrogen-bond donors (Lipinski definition) is 4. The van der Waals surface area contributed by atoms with Gasteiger partial charge in [-0.3, -0.25) is 0 Å². The molecular weight excluding hydrogens is 240 g/mol. The maximum absolute atomic E-state index is 11.7. The molecular formula is C11H18N2O5. The molecule has 0 bridgehead atoms. The summed E-state index contributed by atoms with van der Waals surface area (Å²) >= 11 is 0. The summed E-state index contributed by atoms with van der Waals surface area (Å²) in [5.74, 6) is -0.876. The molecule has 7 nitrogen and oxygen atoms in total. The minimum absolute atomic E-state index is 0.139. The van der Waals surface area contributed by atoms with Crippen LogP contribution in [0.1, 0.15) is 12.8 Å². The number of urea groups is 1. The van der Waals surface area contributed by atoms with Gasteiger partial charge in [-0.1, -0.05) is 0 Å². The predicted octanol–water partition coefficient (Wildman–Crippen LogP) is -1.16. The lowest BCUT2D eigenvalue weighted by atomic mass is 10.00. The van der Waals surface area contributed by atoms with E-state index in [4.69, 9.17) is 10.2 Å². The number of aliphatic hydroxyl groups excluding tert-OH is 2. The molecule has 1 heterocycles. The van der Waals surface area contributed by atoms with Crippen LogP contribution in [-0.4, -0.2) is 64.1 Å². The minimum atomic E-state index is -1.58. The van der Waals surface area contributed by atoms with Crippen molar-refractivity contribution in [1.82, 2.24) is 10.2 Å². The Balaban J connectivity index is 1.79. The number of hydrogen-bond acceptors (Lipinski definition) is 4. The first-order valence-electron chi connectivity index (χ1n) is 6.10. The van der Waals surface area contributed by atoms with Crippen LogP contribution in [0, 0.1) is 11.8 Å². The summed E-state index contributed by atoms with van der Waals surface area (Å²) in [5.41, 5.74) is 0. The van der Waals surface area contributed by atoms with E-state index < -0.39 is 12.1 Å². The summed E-state index contributed by atoms with van der Waals surface area (Å²) < 4.78 is 0. The maximum atomic E-state index is 11.7. The Morgan fingerprint density at radius 3 is 2.67 bits per heavy atom. The van der Waals surface area contributed by atoms with Crippen LogP contribution in [-0.2, 0) is 4.79 Å². The predicted molar refractivity (Wildman–Crippen MR) is 60.8 cm³/mol. The SMILES string of the molecule is O=C(O)C(O)CNC(=O)N1CC2CCC(O)C2C1. The van der Waals surface area contributed by atoms with Gasteiger partial charge < -0.3 is 25.5 Å². The zero-order valence-corrected chi connectivity index (χ0v) is 9.95. The van der Waals surface area contributed by atoms with Crippen LogP contribution >= 0.6 is 0 Å². The van der Waals surface area contributed by atoms with E-state index in [2.05, 4.69) is 5.32 Å². The molecule has 0 spiro atoms. The average Bonchev–Trinajstić information content (AvgIpc) is 2.88. The zero-order valence-electron chi connectivity index (χ0n) is 9.95. The van der Waals surface area contributed by atoms with Crippen LogP contribution in [0.5, 0.6) is 0 Å². The molecule has 0 aromatic heterocycles. The lowest BCUT2D eigenvalue weighted by Crippen LogP contribution is -2.44. The van der Waals surface area contributed by atoms with E-state index >= 15 is 0 Å². The van der Waals surface area contributed by atoms with E-state index in [9.17, 15) is 14.7 Å². The average molecular weight is 258 g/mol. The molecule has 2 amide bonds. The van der Waals surface area contributed by atoms with Gasteiger partial charge in [0.05, 0.1) is 12.6 Å². The van der Waals surface area contributed by atoms with Crippen molar-refractivity contribution in [3.05, 3.63) is 0 Å². The topological polar surface area (TPSA) is 110 Å². The van der Waals surface area contributed by atoms with Gasteiger partial charge in [-0.25, -0.2) is 9.59 Å². The van der Waals surface area contributed by atoms with Gasteiger partial charge in [0, 0.05) is 19.0 Å². The van der Waals surface area contributed by atoms with Crippen molar-refractivity contribution in [2.45, 2.75) is 25.0 Å². The molecule has 1 saturated carbocycles. The molecule has 4 atom stereocenters. The molecule has 7 heteroatoms. The Morgan fingerprint density at radius 2 is 2.06 bits per heavy atom. The van der Waals surface area contributed by atoms with Gasteiger partial charge in [0.15, 0.2) is 6.10 Å². The molecule has 102 valence electrons. The number of fused-ring (bicyclic) bond motifs is 1. The van der Waals surface area contributed by atoms with Crippen LogP contribution in [0.4, 0.5) is 4.79 Å². The zero-order chi connectivity index (χ0) is 13.3. The first-order valence-corrected chi connectivity index (χ1v) is 6.10. The summed E-state index contributed by atoms with van der Waals surface area (Å²) in [5, 5.41) is 29.6. The second-order valence-electron chi connectivity index (χ2n) is 5.01. The Hall–Kier alpha value is -1.34. The van der Waals surface area contributed by atoms with E-state index in [-0.39, 0.29) is 24.6 Å². The Labute approximate surface area is 104 Å². The Bertz CT molecular complexity index is 348. The van der Waals surface area contributed by atoms with Crippen LogP contribution < -0.4 is 5.32 Å². The van der Waals surface area contributed by atoms with Crippen molar-refractivity contribution in [3.8, 4) is 0 Å². The van der Waals surface area contributed by atoms with Gasteiger partial charge in [0.1, 0.15) is 0 Å². The first-order chi connectivity index (χ1) is 8.49. The maximum Gasteiger partial charge on any atom is 0.334 e. The summed E-state index contributed by atoms with van der Waals surface area (Å²) in [4.78, 5) is 23.7. The summed E-state index contributed by atoms with van der Waals surface area (Å²) in [6, 6.07) is -0.378. The minimum Gasteiger partial charge on any atom is -0.479 e. The fourth-order valence-electron chi connectivity index (χ4n) is 2.79. The summed E-state index contributed by atoms with van der Waals surface area (Å²) in [7, 11) is 0. The highest BCUT2D eigenvalue weighted by atomic mass is 16.4. The normalized spacial score (nSPS) is 32.1. The van der Waals surface area contributed by atoms with Gasteiger partial charge >= 0.3 is 12.0 Å². The highest BCUT2D eigenvalue weighted by Gasteiger charge is 2.43. The van der Waals surface area contributed by atoms with Crippen LogP contribution in [0.25, 0.3) is 0 Å². The second-order valence-corrected chi connectivity index (χ2v) is 5.01. The van der Waals surface area contributed by atoms with Crippen molar-refractivity contribution < 1.29 is 24.9 Å². The highest BCUT2D eigenvalue weighted by molar-refractivity contribution is 5.77. The van der Waals surface area contributed by atoms with E-state index in [1.54, 1.807) is 4.90 Å². The third-order valence-electron chi connectivity index (χ3n) is 3.84. The molecule has 2 aliphatic rings. The molecule has 2 rings (SSSR count). The first kappa shape index (κ1) is 13.1. The van der Waals surface area contributed by atoms with Gasteiger partial charge in [-0.15, -0.1) is 0 Å². The second kappa shape index (κ2) is 5.11. The molecule has 0 aromatic carbocycles. The van der Waals surface area contributed by atoms with Crippen LogP contribution in [0.15, 0.2) is 0 Å². The van der Waals surface area contributed by atoms with Gasteiger partial charge in [-0.2, -0.15) is 0 Å². The largest absolute Gasteiger partial charge is 0.479 e. The third-order valence-corrected chi connectivity index (χ3v) is 3.84. The molecule has 1 aliphatic carbocycles. The fraction of sp³-hybridized carbons (Fsp3) is 0.818. The molecule has 2 fully saturated rings. The van der Waals surface area contributed by atoms with Crippen molar-refractivity contribution in [2.75, 3.05) is 19.6 Å². The van der Waals surface area contributed by atoms with Gasteiger partial charge in [-0.05, 0) is 18.8 Å². The number of amides is 2. The lowest BCUT2D eigenvalue weighted by molar-refractivity contribution is -0.146. The lowest BCUT2D eigenvalue weighted by Gasteiger charge is -2.19. The number of nitrogens with zero attached hydrogens (tertiary/aromatic N) is 1. The number of carbonyl (C=O) groups excluding carboxylic acids is 1. The molecule has 0 radical (unpaired) electrons. The number of carboxylic acids is 1. The monoisotopic (exact) mass is 258 g/mol. The molecule has 0 aromatic rings. The standard InChI is InChI=1S/C11H18N2O5/c14-8-2-1-6-4-13(5-7(6)8)11(18)12-3-9(15)10(16)17/h6-9,14-15H,1-5H2,(H,12,18)(H,16,17). The number of rotatable bonds is 3. The summed E-state index contributed by atoms with van der Waals surface area (Å²) in [6.45, 7) is 0.792. The van der Waals surface area contributed by atoms with E-state index in [0.29, 0.717) is 19.0 Å². The van der Waals surface area contributed by atoms with Crippen LogP contribution in [0.2, 0.25) is 0 Å². The van der Waals surface area contributed by atoms with Crippen LogP contribution in [0.3, 0.4) is 0 Å². The molecule has 18 heavy (non-hydrogen) atoms. The number of aliphatic hydroxyl groups is 2. The molecule has 4 N–H and O–H groups in total. The van der Waals surface area contributed by atoms with E-state index in [1.807, 2.05) is 0 Å². The van der Waals surface area contributed by atoms with Crippen molar-refractivity contribution in [3.63, 3.8) is 0 Å². The third kappa shape index (κ3) is 2.56. The van der Waals surface area contributed by atoms with E-state index in [1.165, 1.54) is 0 Å². The van der Waals surface area contributed by atoms with Crippen molar-refractivity contribution in [2.24, 2.45) is 11.8 Å². The Morgan fingerprint density at radius 1 is 1.33 bits per heavy atom. The van der Waals surface area contributed by atoms with E-state index in [0.717, 1.165) is 12.8 Å². The summed E-state index contributed by atoms with van der Waals surface area (Å²) in [6.07, 6.45) is -0.199. The molecule has 1 saturated heterocycles. The smallest absolute Gasteiger partial charge is 0.334 e. The number of carbonyl (C=O) groups is 2. The quantitative estimate of drug-likeness (QED) is 0.510. The van der Waals surface area contributed by atoms with Gasteiger partial charge in [0.25, 0.3) is 0 Å². The molecule has 1 aliphatic heterocycles. The van der Waals surface area contributed by atoms with Crippen molar-refractivity contribution in [1.29, 1.82) is 0 Å². The molecule has 4 unspecified atom stereocenters. The number of nitrogens with one attached hydrogen (secondary N) is 1. The van der Waals surface area contributed by atoms with Crippen molar-refractivity contribution >= 4 is 12.0 Å². The van der Waals surface area contributed by atoms with Gasteiger partial charge in [0.2, 0.25) is 0 Å². The fourth-order valence-corrected chi connectivity index (χ4v) is 2.79. The number of carboxylic acid groups (broad SMARTS) is 1. The Kier molecular flexibility index (Phi) is 3.72. The number of likely N-dealkylation sites (tertiary alicyclic amines) is 1. The highest BCUT2D eigenvalue weighted by Crippen LogP contribution is 2.37.